The molecule has 200 valence electrons. The highest BCUT2D eigenvalue weighted by atomic mass is 16.6. The van der Waals surface area contributed by atoms with Crippen LogP contribution in [0.4, 0.5) is 0 Å². The molecule has 4 aliphatic rings. The maximum Gasteiger partial charge on any atom is 0.312 e. The van der Waals surface area contributed by atoms with E-state index in [1.165, 1.54) is 20.8 Å². The van der Waals surface area contributed by atoms with Gasteiger partial charge in [0.2, 0.25) is 0 Å². The maximum atomic E-state index is 12.8. The fourth-order valence-corrected chi connectivity index (χ4v) is 6.76. The first-order chi connectivity index (χ1) is 16.8. The van der Waals surface area contributed by atoms with Crippen LogP contribution in [0.1, 0.15) is 67.2 Å². The van der Waals surface area contributed by atoms with E-state index >= 15 is 0 Å². The highest BCUT2D eigenvalue weighted by Crippen LogP contribution is 2.62. The molecule has 2 heterocycles. The smallest absolute Gasteiger partial charge is 0.312 e. The SMILES string of the molecule is CC(=O)OC1[C@H]2[C@@]3(CC[C@H](OC(C)=O)[C@]2(C)[C@@H](OC(C)=O)CC/C(C)=C\[C@@H]2OC(=O)[C@H](C)[C@@]12O)CO3. The number of carbonyl (C=O) groups excluding carboxylic acids is 4. The number of allylic oxidation sites excluding steroid dienone is 1. The van der Waals surface area contributed by atoms with Crippen LogP contribution in [0, 0.1) is 17.3 Å². The zero-order valence-corrected chi connectivity index (χ0v) is 21.7. The number of ether oxygens (including phenoxy) is 5. The van der Waals surface area contributed by atoms with Crippen LogP contribution in [0.25, 0.3) is 0 Å². The van der Waals surface area contributed by atoms with Crippen LogP contribution in [-0.2, 0) is 42.9 Å². The van der Waals surface area contributed by atoms with Crippen molar-refractivity contribution in [1.29, 1.82) is 0 Å². The first-order valence-electron chi connectivity index (χ1n) is 12.5. The Bertz CT molecular complexity index is 983. The number of carbonyl (C=O) groups is 4. The second-order valence-electron chi connectivity index (χ2n) is 11.0. The van der Waals surface area contributed by atoms with E-state index in [1.807, 2.05) is 13.8 Å². The zero-order chi connectivity index (χ0) is 26.6. The molecule has 0 aromatic rings. The van der Waals surface area contributed by atoms with Gasteiger partial charge in [0.25, 0.3) is 0 Å². The fourth-order valence-electron chi connectivity index (χ4n) is 6.76. The van der Waals surface area contributed by atoms with Crippen molar-refractivity contribution in [3.05, 3.63) is 11.6 Å². The summed E-state index contributed by atoms with van der Waals surface area (Å²) in [6.07, 6.45) is -0.416. The molecule has 3 fully saturated rings. The first kappa shape index (κ1) is 26.6. The Kier molecular flexibility index (Phi) is 6.75. The number of fused-ring (bicyclic) bond motifs is 3. The van der Waals surface area contributed by atoms with Gasteiger partial charge in [-0.3, -0.25) is 19.2 Å². The van der Waals surface area contributed by atoms with Gasteiger partial charge in [0.15, 0.2) is 11.7 Å². The molecule has 1 spiro atoms. The molecular formula is C26H36O10. The molecule has 2 aliphatic heterocycles. The number of esters is 4. The third-order valence-electron chi connectivity index (χ3n) is 8.62. The number of epoxide rings is 1. The van der Waals surface area contributed by atoms with Gasteiger partial charge in [-0.15, -0.1) is 0 Å². The van der Waals surface area contributed by atoms with Crippen LogP contribution in [0.3, 0.4) is 0 Å². The van der Waals surface area contributed by atoms with Crippen molar-refractivity contribution in [2.75, 3.05) is 6.61 Å². The average molecular weight is 509 g/mol. The van der Waals surface area contributed by atoms with Crippen LogP contribution in [0.2, 0.25) is 0 Å². The van der Waals surface area contributed by atoms with E-state index in [-0.39, 0.29) is 0 Å². The van der Waals surface area contributed by atoms with E-state index in [2.05, 4.69) is 0 Å². The van der Waals surface area contributed by atoms with Gasteiger partial charge in [0.1, 0.15) is 18.3 Å². The lowest BCUT2D eigenvalue weighted by Crippen LogP contribution is -2.69. The van der Waals surface area contributed by atoms with Gasteiger partial charge >= 0.3 is 23.9 Å². The summed E-state index contributed by atoms with van der Waals surface area (Å²) in [6, 6.07) is 0. The lowest BCUT2D eigenvalue weighted by atomic mass is 9.52. The van der Waals surface area contributed by atoms with Crippen molar-refractivity contribution in [1.82, 2.24) is 0 Å². The summed E-state index contributed by atoms with van der Waals surface area (Å²) in [5, 5.41) is 12.3. The van der Waals surface area contributed by atoms with E-state index in [4.69, 9.17) is 23.7 Å². The minimum absolute atomic E-state index is 0.323. The maximum absolute atomic E-state index is 12.8. The minimum Gasteiger partial charge on any atom is -0.462 e. The van der Waals surface area contributed by atoms with Crippen molar-refractivity contribution < 1.29 is 48.0 Å². The molecule has 2 saturated heterocycles. The second kappa shape index (κ2) is 9.13. The molecule has 0 aromatic heterocycles. The molecule has 1 N–H and O–H groups in total. The van der Waals surface area contributed by atoms with Gasteiger partial charge in [-0.25, -0.2) is 0 Å². The Morgan fingerprint density at radius 1 is 1.03 bits per heavy atom. The molecule has 4 rings (SSSR count). The Hall–Kier alpha value is -2.46. The van der Waals surface area contributed by atoms with Crippen LogP contribution < -0.4 is 0 Å². The minimum atomic E-state index is -1.94. The fraction of sp³-hybridized carbons (Fsp3) is 0.769. The number of aliphatic hydroxyl groups is 1. The molecule has 36 heavy (non-hydrogen) atoms. The number of rotatable bonds is 3. The summed E-state index contributed by atoms with van der Waals surface area (Å²) in [6.45, 7) is 9.38. The van der Waals surface area contributed by atoms with Crippen molar-refractivity contribution in [3.8, 4) is 0 Å². The summed E-state index contributed by atoms with van der Waals surface area (Å²) >= 11 is 0. The molecule has 1 unspecified atom stereocenters. The van der Waals surface area contributed by atoms with E-state index in [1.54, 1.807) is 13.0 Å². The van der Waals surface area contributed by atoms with E-state index in [0.717, 1.165) is 5.57 Å². The summed E-state index contributed by atoms with van der Waals surface area (Å²) < 4.78 is 29.2. The molecule has 0 bridgehead atoms. The van der Waals surface area contributed by atoms with Crippen molar-refractivity contribution >= 4 is 23.9 Å². The molecule has 10 nitrogen and oxygen atoms in total. The monoisotopic (exact) mass is 508 g/mol. The standard InChI is InChI=1S/C26H36O10/c1-13-7-8-18(33-15(3)27)24(6)19(34-16(4)28)9-10-25(12-32-25)21(24)22(35-17(5)29)26(31)14(2)23(30)36-20(26)11-13/h11,14,18-22,31H,7-10,12H2,1-6H3/b13-11-/t14-,18-,19-,20-,21+,22?,24-,25+,26-/m0/s1. The lowest BCUT2D eigenvalue weighted by Gasteiger charge is -2.56. The van der Waals surface area contributed by atoms with Gasteiger partial charge in [-0.05, 0) is 45.6 Å². The second-order valence-corrected chi connectivity index (χ2v) is 11.0. The van der Waals surface area contributed by atoms with Crippen LogP contribution in [-0.4, -0.2) is 71.2 Å². The quantitative estimate of drug-likeness (QED) is 0.261. The molecule has 10 heteroatoms. The molecule has 0 aromatic carbocycles. The first-order valence-corrected chi connectivity index (χ1v) is 12.5. The largest absolute Gasteiger partial charge is 0.462 e. The third kappa shape index (κ3) is 4.22. The molecule has 2 aliphatic carbocycles. The van der Waals surface area contributed by atoms with Gasteiger partial charge in [-0.1, -0.05) is 12.5 Å². The highest BCUT2D eigenvalue weighted by Gasteiger charge is 2.74. The van der Waals surface area contributed by atoms with Crippen molar-refractivity contribution in [2.45, 2.75) is 103 Å². The van der Waals surface area contributed by atoms with Crippen molar-refractivity contribution in [3.63, 3.8) is 0 Å². The van der Waals surface area contributed by atoms with E-state index in [0.29, 0.717) is 32.3 Å². The third-order valence-corrected chi connectivity index (χ3v) is 8.62. The van der Waals surface area contributed by atoms with Crippen LogP contribution in [0.15, 0.2) is 11.6 Å². The Balaban J connectivity index is 2.00. The predicted octanol–water partition coefficient (Wildman–Crippen LogP) is 2.00. The highest BCUT2D eigenvalue weighted by molar-refractivity contribution is 5.77. The van der Waals surface area contributed by atoms with E-state index < -0.39 is 76.7 Å². The molecular weight excluding hydrogens is 472 g/mol. The lowest BCUT2D eigenvalue weighted by molar-refractivity contribution is -0.242. The summed E-state index contributed by atoms with van der Waals surface area (Å²) in [5.74, 6) is -4.10. The Morgan fingerprint density at radius 3 is 2.11 bits per heavy atom. The topological polar surface area (TPSA) is 138 Å². The Morgan fingerprint density at radius 2 is 1.58 bits per heavy atom. The molecule has 1 saturated carbocycles. The average Bonchev–Trinajstić information content (AvgIpc) is 3.50. The zero-order valence-electron chi connectivity index (χ0n) is 21.7. The van der Waals surface area contributed by atoms with Gasteiger partial charge < -0.3 is 28.8 Å². The molecule has 0 radical (unpaired) electrons. The Labute approximate surface area is 210 Å². The predicted molar refractivity (Wildman–Crippen MR) is 123 cm³/mol. The van der Waals surface area contributed by atoms with Crippen LogP contribution in [0.5, 0.6) is 0 Å². The van der Waals surface area contributed by atoms with Gasteiger partial charge in [0, 0.05) is 26.7 Å². The van der Waals surface area contributed by atoms with Gasteiger partial charge in [0.05, 0.1) is 23.5 Å². The summed E-state index contributed by atoms with van der Waals surface area (Å²) in [5.41, 5.74) is -3.09. The number of hydrogen-bond acceptors (Lipinski definition) is 10. The van der Waals surface area contributed by atoms with Gasteiger partial charge in [-0.2, -0.15) is 0 Å². The van der Waals surface area contributed by atoms with Crippen molar-refractivity contribution in [2.24, 2.45) is 17.3 Å². The van der Waals surface area contributed by atoms with E-state index in [9.17, 15) is 24.3 Å². The normalized spacial score (nSPS) is 45.3. The molecule has 9 atom stereocenters. The molecule has 0 amide bonds. The van der Waals surface area contributed by atoms with Crippen LogP contribution >= 0.6 is 0 Å². The summed E-state index contributed by atoms with van der Waals surface area (Å²) in [7, 11) is 0. The number of hydrogen-bond donors (Lipinski definition) is 1. The summed E-state index contributed by atoms with van der Waals surface area (Å²) in [4.78, 5) is 49.8.